The van der Waals surface area contributed by atoms with Crippen LogP contribution in [0.2, 0.25) is 0 Å². The highest BCUT2D eigenvalue weighted by atomic mass is 32.2. The molecule has 19 heavy (non-hydrogen) atoms. The van der Waals surface area contributed by atoms with E-state index in [2.05, 4.69) is 10.2 Å². The van der Waals surface area contributed by atoms with Crippen LogP contribution >= 0.6 is 23.1 Å². The molecule has 0 atom stereocenters. The van der Waals surface area contributed by atoms with E-state index in [0.717, 1.165) is 17.8 Å². The van der Waals surface area contributed by atoms with Crippen LogP contribution in [0.4, 0.5) is 13.2 Å². The van der Waals surface area contributed by atoms with Gasteiger partial charge in [0.1, 0.15) is 5.51 Å². The van der Waals surface area contributed by atoms with Gasteiger partial charge in [0.2, 0.25) is 0 Å². The summed E-state index contributed by atoms with van der Waals surface area (Å²) in [5.41, 5.74) is 6.46. The van der Waals surface area contributed by atoms with E-state index in [4.69, 9.17) is 5.73 Å². The predicted octanol–water partition coefficient (Wildman–Crippen LogP) is 3.21. The molecule has 0 amide bonds. The number of hydrogen-bond donors (Lipinski definition) is 1. The molecule has 1 heterocycles. The molecule has 2 N–H and O–H groups in total. The maximum atomic E-state index is 13.0. The van der Waals surface area contributed by atoms with Gasteiger partial charge in [0.05, 0.1) is 5.56 Å². The van der Waals surface area contributed by atoms with E-state index in [9.17, 15) is 13.2 Å². The summed E-state index contributed by atoms with van der Waals surface area (Å²) in [7, 11) is 0. The Morgan fingerprint density at radius 1 is 1.32 bits per heavy atom. The molecule has 3 nitrogen and oxygen atoms in total. The van der Waals surface area contributed by atoms with Crippen LogP contribution in [0.5, 0.6) is 0 Å². The molecule has 0 bridgehead atoms. The average molecular weight is 305 g/mol. The zero-order valence-corrected chi connectivity index (χ0v) is 11.3. The van der Waals surface area contributed by atoms with Gasteiger partial charge in [0.15, 0.2) is 4.34 Å². The topological polar surface area (TPSA) is 51.8 Å². The minimum atomic E-state index is -4.37. The minimum absolute atomic E-state index is 0.186. The molecule has 0 saturated heterocycles. The third-order valence-electron chi connectivity index (χ3n) is 2.35. The maximum Gasteiger partial charge on any atom is 0.416 e. The van der Waals surface area contributed by atoms with Gasteiger partial charge in [0.25, 0.3) is 0 Å². The molecule has 0 spiro atoms. The Hall–Kier alpha value is -1.12. The zero-order valence-electron chi connectivity index (χ0n) is 9.65. The summed E-state index contributed by atoms with van der Waals surface area (Å²) >= 11 is 2.45. The molecule has 0 aliphatic heterocycles. The number of halogens is 3. The summed E-state index contributed by atoms with van der Waals surface area (Å²) < 4.78 is 39.5. The SMILES string of the molecule is NCCc1ccc(Sc2nncs2)cc1C(F)(F)F. The monoisotopic (exact) mass is 305 g/mol. The Kier molecular flexibility index (Phi) is 4.43. The normalized spacial score (nSPS) is 11.8. The van der Waals surface area contributed by atoms with Crippen molar-refractivity contribution in [3.63, 3.8) is 0 Å². The Morgan fingerprint density at radius 2 is 2.11 bits per heavy atom. The molecule has 1 aromatic carbocycles. The summed E-state index contributed by atoms with van der Waals surface area (Å²) in [4.78, 5) is 0.491. The summed E-state index contributed by atoms with van der Waals surface area (Å²) in [6, 6.07) is 4.25. The van der Waals surface area contributed by atoms with Crippen molar-refractivity contribution in [2.24, 2.45) is 5.73 Å². The van der Waals surface area contributed by atoms with Crippen molar-refractivity contribution < 1.29 is 13.2 Å². The highest BCUT2D eigenvalue weighted by Crippen LogP contribution is 2.37. The van der Waals surface area contributed by atoms with Gasteiger partial charge in [0, 0.05) is 4.90 Å². The molecule has 0 unspecified atom stereocenters. The Bertz CT molecular complexity index is 541. The van der Waals surface area contributed by atoms with Crippen LogP contribution in [0.25, 0.3) is 0 Å². The van der Waals surface area contributed by atoms with Gasteiger partial charge in [-0.25, -0.2) is 0 Å². The van der Waals surface area contributed by atoms with Crippen molar-refractivity contribution in [3.8, 4) is 0 Å². The Labute approximate surface area is 116 Å². The number of benzene rings is 1. The molecule has 0 radical (unpaired) electrons. The standard InChI is InChI=1S/C11H10F3N3S2/c12-11(13,14)9-5-8(2-1-7(9)3-4-15)19-10-17-16-6-18-10/h1-2,5-6H,3-4,15H2. The van der Waals surface area contributed by atoms with E-state index in [1.165, 1.54) is 22.9 Å². The van der Waals surface area contributed by atoms with Crippen LogP contribution in [0.15, 0.2) is 32.9 Å². The van der Waals surface area contributed by atoms with E-state index < -0.39 is 11.7 Å². The van der Waals surface area contributed by atoms with Crippen LogP contribution in [-0.2, 0) is 12.6 Å². The quantitative estimate of drug-likeness (QED) is 0.942. The van der Waals surface area contributed by atoms with Crippen LogP contribution in [0.3, 0.4) is 0 Å². The summed E-state index contributed by atoms with van der Waals surface area (Å²) in [5, 5.41) is 7.44. The molecule has 2 aromatic rings. The van der Waals surface area contributed by atoms with Crippen molar-refractivity contribution in [3.05, 3.63) is 34.8 Å². The molecular weight excluding hydrogens is 295 g/mol. The summed E-state index contributed by atoms with van der Waals surface area (Å²) in [6.45, 7) is 0.186. The highest BCUT2D eigenvalue weighted by molar-refractivity contribution is 8.01. The first-order valence-corrected chi connectivity index (χ1v) is 7.04. The molecule has 0 aliphatic carbocycles. The van der Waals surface area contributed by atoms with Crippen molar-refractivity contribution in [2.45, 2.75) is 21.8 Å². The number of nitrogens with two attached hydrogens (primary N) is 1. The van der Waals surface area contributed by atoms with E-state index >= 15 is 0 Å². The first-order valence-electron chi connectivity index (χ1n) is 5.35. The lowest BCUT2D eigenvalue weighted by atomic mass is 10.0. The lowest BCUT2D eigenvalue weighted by Gasteiger charge is -2.13. The minimum Gasteiger partial charge on any atom is -0.330 e. The number of hydrogen-bond acceptors (Lipinski definition) is 5. The van der Waals surface area contributed by atoms with Crippen molar-refractivity contribution >= 4 is 23.1 Å². The first kappa shape index (κ1) is 14.3. The average Bonchev–Trinajstić information content (AvgIpc) is 2.83. The highest BCUT2D eigenvalue weighted by Gasteiger charge is 2.33. The largest absolute Gasteiger partial charge is 0.416 e. The lowest BCUT2D eigenvalue weighted by molar-refractivity contribution is -0.138. The van der Waals surface area contributed by atoms with E-state index in [1.54, 1.807) is 6.07 Å². The van der Waals surface area contributed by atoms with Crippen LogP contribution in [0.1, 0.15) is 11.1 Å². The molecule has 8 heteroatoms. The van der Waals surface area contributed by atoms with E-state index in [0.29, 0.717) is 9.24 Å². The molecule has 102 valence electrons. The number of nitrogens with zero attached hydrogens (tertiary/aromatic N) is 2. The summed E-state index contributed by atoms with van der Waals surface area (Å²) in [6.07, 6.45) is -4.17. The van der Waals surface area contributed by atoms with Gasteiger partial charge in [-0.1, -0.05) is 29.2 Å². The molecule has 0 saturated carbocycles. The van der Waals surface area contributed by atoms with Gasteiger partial charge >= 0.3 is 6.18 Å². The zero-order chi connectivity index (χ0) is 13.9. The number of rotatable bonds is 4. The number of alkyl halides is 3. The van der Waals surface area contributed by atoms with Crippen LogP contribution < -0.4 is 5.73 Å². The number of aromatic nitrogens is 2. The molecule has 0 fully saturated rings. The van der Waals surface area contributed by atoms with E-state index in [-0.39, 0.29) is 18.5 Å². The predicted molar refractivity (Wildman–Crippen MR) is 68.2 cm³/mol. The fourth-order valence-corrected chi connectivity index (χ4v) is 3.06. The molecule has 1 aromatic heterocycles. The maximum absolute atomic E-state index is 13.0. The fraction of sp³-hybridized carbons (Fsp3) is 0.273. The van der Waals surface area contributed by atoms with Gasteiger partial charge < -0.3 is 5.73 Å². The van der Waals surface area contributed by atoms with Crippen molar-refractivity contribution in [1.82, 2.24) is 10.2 Å². The molecular formula is C11H10F3N3S2. The Morgan fingerprint density at radius 3 is 2.68 bits per heavy atom. The fourth-order valence-electron chi connectivity index (χ4n) is 1.56. The van der Waals surface area contributed by atoms with Gasteiger partial charge in [-0.2, -0.15) is 13.2 Å². The Balaban J connectivity index is 2.32. The second-order valence-corrected chi connectivity index (χ2v) is 5.82. The van der Waals surface area contributed by atoms with Crippen LogP contribution in [0, 0.1) is 0 Å². The van der Waals surface area contributed by atoms with Gasteiger partial charge in [-0.15, -0.1) is 10.2 Å². The second kappa shape index (κ2) is 5.89. The molecule has 0 aliphatic rings. The summed E-state index contributed by atoms with van der Waals surface area (Å²) in [5.74, 6) is 0. The third kappa shape index (κ3) is 3.68. The first-order chi connectivity index (χ1) is 9.00. The lowest BCUT2D eigenvalue weighted by Crippen LogP contribution is -2.12. The van der Waals surface area contributed by atoms with Crippen molar-refractivity contribution in [2.75, 3.05) is 6.54 Å². The van der Waals surface area contributed by atoms with Gasteiger partial charge in [-0.3, -0.25) is 0 Å². The third-order valence-corrected chi connectivity index (χ3v) is 4.11. The molecule has 2 rings (SSSR count). The van der Waals surface area contributed by atoms with Gasteiger partial charge in [-0.05, 0) is 30.7 Å². The smallest absolute Gasteiger partial charge is 0.330 e. The second-order valence-electron chi connectivity index (χ2n) is 3.66. The van der Waals surface area contributed by atoms with E-state index in [1.807, 2.05) is 0 Å². The van der Waals surface area contributed by atoms with Crippen molar-refractivity contribution in [1.29, 1.82) is 0 Å². The van der Waals surface area contributed by atoms with Crippen LogP contribution in [-0.4, -0.2) is 16.7 Å².